The van der Waals surface area contributed by atoms with E-state index in [-0.39, 0.29) is 0 Å². The molecule has 0 amide bonds. The number of hydrogen-bond donors (Lipinski definition) is 1. The molecule has 1 fully saturated rings. The summed E-state index contributed by atoms with van der Waals surface area (Å²) in [6.07, 6.45) is 2.44. The van der Waals surface area contributed by atoms with Crippen LogP contribution >= 0.6 is 0 Å². The molecule has 2 heteroatoms. The van der Waals surface area contributed by atoms with Crippen LogP contribution in [-0.2, 0) is 6.42 Å². The van der Waals surface area contributed by atoms with E-state index in [1.165, 1.54) is 24.1 Å². The van der Waals surface area contributed by atoms with Crippen LogP contribution in [0.3, 0.4) is 0 Å². The highest BCUT2D eigenvalue weighted by Gasteiger charge is 2.33. The van der Waals surface area contributed by atoms with Gasteiger partial charge in [-0.15, -0.1) is 0 Å². The minimum atomic E-state index is 0.605. The molecule has 1 N–H and O–H groups in total. The van der Waals surface area contributed by atoms with E-state index in [1.807, 2.05) is 0 Å². The fourth-order valence-corrected chi connectivity index (χ4v) is 3.19. The van der Waals surface area contributed by atoms with Gasteiger partial charge in [0.1, 0.15) is 0 Å². The van der Waals surface area contributed by atoms with E-state index >= 15 is 0 Å². The minimum absolute atomic E-state index is 0.605. The Morgan fingerprint density at radius 2 is 1.94 bits per heavy atom. The van der Waals surface area contributed by atoms with E-state index in [4.69, 9.17) is 0 Å². The summed E-state index contributed by atoms with van der Waals surface area (Å²) in [6, 6.07) is 9.85. The van der Waals surface area contributed by atoms with Gasteiger partial charge in [0, 0.05) is 6.04 Å². The van der Waals surface area contributed by atoms with E-state index < -0.39 is 0 Å². The summed E-state index contributed by atoms with van der Waals surface area (Å²) >= 11 is 0. The molecule has 1 saturated heterocycles. The quantitative estimate of drug-likeness (QED) is 0.859. The topological polar surface area (TPSA) is 15.3 Å². The van der Waals surface area contributed by atoms with E-state index in [9.17, 15) is 0 Å². The largest absolute Gasteiger partial charge is 0.319 e. The zero-order valence-electron chi connectivity index (χ0n) is 11.9. The van der Waals surface area contributed by atoms with Gasteiger partial charge in [0.15, 0.2) is 0 Å². The molecule has 2 unspecified atom stereocenters. The van der Waals surface area contributed by atoms with Crippen molar-refractivity contribution in [1.29, 1.82) is 0 Å². The maximum Gasteiger partial charge on any atom is 0.0388 e. The van der Waals surface area contributed by atoms with E-state index in [0.29, 0.717) is 6.04 Å². The second-order valence-corrected chi connectivity index (χ2v) is 5.27. The van der Waals surface area contributed by atoms with Crippen LogP contribution in [0.2, 0.25) is 0 Å². The third-order valence-electron chi connectivity index (χ3n) is 4.23. The van der Waals surface area contributed by atoms with E-state index in [2.05, 4.69) is 55.4 Å². The Morgan fingerprint density at radius 3 is 2.50 bits per heavy atom. The van der Waals surface area contributed by atoms with Crippen LogP contribution in [0.1, 0.15) is 37.4 Å². The van der Waals surface area contributed by atoms with Gasteiger partial charge in [0.05, 0.1) is 0 Å². The van der Waals surface area contributed by atoms with Crippen molar-refractivity contribution in [3.05, 3.63) is 35.4 Å². The van der Waals surface area contributed by atoms with Crippen molar-refractivity contribution >= 4 is 0 Å². The van der Waals surface area contributed by atoms with Gasteiger partial charge >= 0.3 is 0 Å². The van der Waals surface area contributed by atoms with Crippen LogP contribution in [-0.4, -0.2) is 31.6 Å². The Hall–Kier alpha value is -0.860. The van der Waals surface area contributed by atoms with Gasteiger partial charge in [-0.2, -0.15) is 0 Å². The van der Waals surface area contributed by atoms with Crippen LogP contribution in [0, 0.1) is 5.92 Å². The number of nitrogens with zero attached hydrogens (tertiary/aromatic N) is 1. The first kappa shape index (κ1) is 13.6. The second kappa shape index (κ2) is 6.35. The summed E-state index contributed by atoms with van der Waals surface area (Å²) in [5.74, 6) is 0.752. The van der Waals surface area contributed by atoms with E-state index in [1.54, 1.807) is 0 Å². The van der Waals surface area contributed by atoms with Gasteiger partial charge in [-0.25, -0.2) is 0 Å². The van der Waals surface area contributed by atoms with Gasteiger partial charge in [-0.1, -0.05) is 38.1 Å². The molecule has 2 rings (SSSR count). The number of benzene rings is 1. The predicted octanol–water partition coefficient (Wildman–Crippen LogP) is 2.85. The third-order valence-corrected chi connectivity index (χ3v) is 4.23. The Balaban J connectivity index is 2.19. The smallest absolute Gasteiger partial charge is 0.0388 e. The molecule has 1 aliphatic heterocycles. The maximum absolute atomic E-state index is 3.35. The normalized spacial score (nSPS) is 24.6. The fourth-order valence-electron chi connectivity index (χ4n) is 3.19. The maximum atomic E-state index is 3.35. The van der Waals surface area contributed by atoms with Crippen molar-refractivity contribution in [2.24, 2.45) is 5.92 Å². The average molecular weight is 246 g/mol. The van der Waals surface area contributed by atoms with Crippen molar-refractivity contribution in [2.45, 2.75) is 32.7 Å². The monoisotopic (exact) mass is 246 g/mol. The Bertz CT molecular complexity index is 358. The lowest BCUT2D eigenvalue weighted by molar-refractivity contribution is 0.238. The highest BCUT2D eigenvalue weighted by molar-refractivity contribution is 5.26. The Morgan fingerprint density at radius 1 is 1.22 bits per heavy atom. The number of likely N-dealkylation sites (tertiary alicyclic amines) is 1. The van der Waals surface area contributed by atoms with E-state index in [0.717, 1.165) is 25.4 Å². The number of hydrogen-bond acceptors (Lipinski definition) is 2. The van der Waals surface area contributed by atoms with Crippen molar-refractivity contribution in [2.75, 3.05) is 26.7 Å². The lowest BCUT2D eigenvalue weighted by Crippen LogP contribution is -2.29. The van der Waals surface area contributed by atoms with Crippen molar-refractivity contribution < 1.29 is 0 Å². The Labute approximate surface area is 111 Å². The minimum Gasteiger partial charge on any atom is -0.319 e. The molecule has 1 aromatic carbocycles. The molecule has 0 aromatic heterocycles. The zero-order chi connectivity index (χ0) is 13.0. The van der Waals surface area contributed by atoms with Crippen LogP contribution in [0.4, 0.5) is 0 Å². The Kier molecular flexibility index (Phi) is 4.79. The van der Waals surface area contributed by atoms with Crippen molar-refractivity contribution in [3.8, 4) is 0 Å². The molecule has 1 aromatic rings. The molecule has 2 atom stereocenters. The van der Waals surface area contributed by atoms with Crippen molar-refractivity contribution in [1.82, 2.24) is 10.2 Å². The number of rotatable bonds is 5. The highest BCUT2D eigenvalue weighted by atomic mass is 15.2. The summed E-state index contributed by atoms with van der Waals surface area (Å²) in [5.41, 5.74) is 2.93. The number of nitrogens with one attached hydrogen (secondary N) is 1. The van der Waals surface area contributed by atoms with Crippen LogP contribution in [0.15, 0.2) is 24.3 Å². The molecular formula is C16H26N2. The molecule has 0 spiro atoms. The molecule has 1 aliphatic rings. The van der Waals surface area contributed by atoms with Gasteiger partial charge in [-0.05, 0) is 56.6 Å². The van der Waals surface area contributed by atoms with Gasteiger partial charge in [-0.3, -0.25) is 4.90 Å². The van der Waals surface area contributed by atoms with Crippen molar-refractivity contribution in [3.63, 3.8) is 0 Å². The zero-order valence-corrected chi connectivity index (χ0v) is 11.9. The molecule has 0 aliphatic carbocycles. The van der Waals surface area contributed by atoms with Crippen LogP contribution in [0.25, 0.3) is 0 Å². The predicted molar refractivity (Wildman–Crippen MR) is 77.8 cm³/mol. The lowest BCUT2D eigenvalue weighted by atomic mass is 9.93. The molecule has 1 heterocycles. The molecule has 0 radical (unpaired) electrons. The standard InChI is InChI=1S/C16H26N2/c1-4-13-6-8-14(9-7-13)16-15(12-17-3)10-11-18(16)5-2/h6-9,15-17H,4-5,10-12H2,1-3H3. The SMILES string of the molecule is CCc1ccc(C2C(CNC)CCN2CC)cc1. The second-order valence-electron chi connectivity index (χ2n) is 5.27. The summed E-state index contributed by atoms with van der Waals surface area (Å²) in [7, 11) is 2.06. The lowest BCUT2D eigenvalue weighted by Gasteiger charge is -2.28. The van der Waals surface area contributed by atoms with Gasteiger partial charge < -0.3 is 5.32 Å². The first-order valence-corrected chi connectivity index (χ1v) is 7.27. The van der Waals surface area contributed by atoms with Gasteiger partial charge in [0.2, 0.25) is 0 Å². The number of aryl methyl sites for hydroxylation is 1. The highest BCUT2D eigenvalue weighted by Crippen LogP contribution is 2.36. The van der Waals surface area contributed by atoms with Gasteiger partial charge in [0.25, 0.3) is 0 Å². The molecule has 100 valence electrons. The summed E-state index contributed by atoms with van der Waals surface area (Å²) < 4.78 is 0. The van der Waals surface area contributed by atoms with Crippen LogP contribution < -0.4 is 5.32 Å². The summed E-state index contributed by atoms with van der Waals surface area (Å²) in [6.45, 7) is 8.00. The molecular weight excluding hydrogens is 220 g/mol. The summed E-state index contributed by atoms with van der Waals surface area (Å²) in [4.78, 5) is 2.61. The molecule has 0 bridgehead atoms. The summed E-state index contributed by atoms with van der Waals surface area (Å²) in [5, 5.41) is 3.35. The third kappa shape index (κ3) is 2.76. The average Bonchev–Trinajstić information content (AvgIpc) is 2.82. The molecule has 18 heavy (non-hydrogen) atoms. The first-order chi connectivity index (χ1) is 8.80. The first-order valence-electron chi connectivity index (χ1n) is 7.27. The fraction of sp³-hybridized carbons (Fsp3) is 0.625. The molecule has 2 nitrogen and oxygen atoms in total. The molecule has 0 saturated carbocycles. The van der Waals surface area contributed by atoms with Crippen LogP contribution in [0.5, 0.6) is 0 Å².